The summed E-state index contributed by atoms with van der Waals surface area (Å²) in [5.41, 5.74) is 3.73. The molecule has 1 aliphatic heterocycles. The molecule has 0 unspecified atom stereocenters. The van der Waals surface area contributed by atoms with E-state index in [0.29, 0.717) is 13.2 Å². The molecule has 0 atom stereocenters. The van der Waals surface area contributed by atoms with Gasteiger partial charge in [-0.25, -0.2) is 0 Å². The van der Waals surface area contributed by atoms with Gasteiger partial charge < -0.3 is 9.47 Å². The number of rotatable bonds is 6. The molecule has 0 saturated carbocycles. The maximum absolute atomic E-state index is 5.49. The van der Waals surface area contributed by atoms with Crippen molar-refractivity contribution < 1.29 is 9.47 Å². The third-order valence-corrected chi connectivity index (χ3v) is 3.82. The first-order valence-electron chi connectivity index (χ1n) is 7.95. The molecule has 0 bridgehead atoms. The molecule has 0 radical (unpaired) electrons. The molecule has 0 amide bonds. The molecule has 1 fully saturated rings. The molecule has 2 nitrogen and oxygen atoms in total. The molecule has 2 aromatic rings. The molecule has 2 aromatic carbocycles. The Morgan fingerprint density at radius 2 is 1.64 bits per heavy atom. The summed E-state index contributed by atoms with van der Waals surface area (Å²) in [5.74, 6) is 0. The second kappa shape index (κ2) is 7.92. The van der Waals surface area contributed by atoms with Crippen LogP contribution in [0.2, 0.25) is 0 Å². The van der Waals surface area contributed by atoms with E-state index in [0.717, 1.165) is 18.4 Å². The van der Waals surface area contributed by atoms with Crippen LogP contribution in [0.15, 0.2) is 60.7 Å². The van der Waals surface area contributed by atoms with Crippen molar-refractivity contribution in [3.05, 3.63) is 77.4 Å². The van der Waals surface area contributed by atoms with Gasteiger partial charge in [0.2, 0.25) is 0 Å². The van der Waals surface area contributed by atoms with Gasteiger partial charge in [0, 0.05) is 5.56 Å². The smallest absolute Gasteiger partial charge is 0.184 e. The Morgan fingerprint density at radius 3 is 2.36 bits per heavy atom. The predicted octanol–water partition coefficient (Wildman–Crippen LogP) is 4.77. The van der Waals surface area contributed by atoms with Crippen LogP contribution in [0.1, 0.15) is 35.8 Å². The van der Waals surface area contributed by atoms with Crippen LogP contribution in [0.5, 0.6) is 0 Å². The quantitative estimate of drug-likeness (QED) is 0.715. The second-order valence-corrected chi connectivity index (χ2v) is 5.52. The molecule has 0 spiro atoms. The minimum atomic E-state index is -0.177. The lowest BCUT2D eigenvalue weighted by Gasteiger charge is -2.08. The van der Waals surface area contributed by atoms with Crippen molar-refractivity contribution in [2.45, 2.75) is 25.6 Å². The van der Waals surface area contributed by atoms with Crippen LogP contribution in [0.25, 0.3) is 6.08 Å². The zero-order valence-corrected chi connectivity index (χ0v) is 12.8. The standard InChI is InChI=1S/C20H22O2/c1-3-7-17(8-4-1)9-5-2-6-10-18-11-13-19(14-12-18)20-21-15-16-22-20/h1,3-4,6-8,10-14,20H,2,5,9,15-16H2/b10-6-. The van der Waals surface area contributed by atoms with Crippen molar-refractivity contribution in [3.8, 4) is 0 Å². The van der Waals surface area contributed by atoms with E-state index in [1.165, 1.54) is 17.5 Å². The highest BCUT2D eigenvalue weighted by Gasteiger charge is 2.17. The predicted molar refractivity (Wildman–Crippen MR) is 89.5 cm³/mol. The van der Waals surface area contributed by atoms with Crippen molar-refractivity contribution >= 4 is 6.08 Å². The normalized spacial score (nSPS) is 15.6. The molecular weight excluding hydrogens is 272 g/mol. The van der Waals surface area contributed by atoms with E-state index in [-0.39, 0.29) is 6.29 Å². The minimum Gasteiger partial charge on any atom is -0.346 e. The van der Waals surface area contributed by atoms with E-state index in [2.05, 4.69) is 66.7 Å². The maximum atomic E-state index is 5.49. The number of hydrogen-bond donors (Lipinski definition) is 0. The zero-order chi connectivity index (χ0) is 15.0. The summed E-state index contributed by atoms with van der Waals surface area (Å²) >= 11 is 0. The number of unbranched alkanes of at least 4 members (excludes halogenated alkanes) is 1. The molecule has 0 N–H and O–H groups in total. The summed E-state index contributed by atoms with van der Waals surface area (Å²) in [6.07, 6.45) is 7.68. The van der Waals surface area contributed by atoms with E-state index in [1.54, 1.807) is 0 Å². The van der Waals surface area contributed by atoms with Gasteiger partial charge in [0.15, 0.2) is 6.29 Å². The van der Waals surface area contributed by atoms with E-state index < -0.39 is 0 Å². The van der Waals surface area contributed by atoms with Crippen LogP contribution in [-0.2, 0) is 15.9 Å². The maximum Gasteiger partial charge on any atom is 0.184 e. The van der Waals surface area contributed by atoms with Gasteiger partial charge in [-0.1, -0.05) is 66.7 Å². The van der Waals surface area contributed by atoms with Gasteiger partial charge in [0.25, 0.3) is 0 Å². The number of allylic oxidation sites excluding steroid dienone is 1. The lowest BCUT2D eigenvalue weighted by atomic mass is 10.1. The van der Waals surface area contributed by atoms with Crippen LogP contribution >= 0.6 is 0 Å². The highest BCUT2D eigenvalue weighted by molar-refractivity contribution is 5.49. The summed E-state index contributed by atoms with van der Waals surface area (Å²) < 4.78 is 11.0. The van der Waals surface area contributed by atoms with Gasteiger partial charge in [0.05, 0.1) is 13.2 Å². The van der Waals surface area contributed by atoms with Crippen molar-refractivity contribution in [1.82, 2.24) is 0 Å². The Bertz CT molecular complexity index is 581. The molecule has 2 heteroatoms. The minimum absolute atomic E-state index is 0.177. The third kappa shape index (κ3) is 4.30. The fourth-order valence-corrected chi connectivity index (χ4v) is 2.60. The first kappa shape index (κ1) is 15.0. The van der Waals surface area contributed by atoms with Crippen LogP contribution in [0.3, 0.4) is 0 Å². The highest BCUT2D eigenvalue weighted by atomic mass is 16.7. The average molecular weight is 294 g/mol. The molecular formula is C20H22O2. The summed E-state index contributed by atoms with van der Waals surface area (Å²) in [6.45, 7) is 1.38. The monoisotopic (exact) mass is 294 g/mol. The van der Waals surface area contributed by atoms with Gasteiger partial charge in [-0.2, -0.15) is 0 Å². The van der Waals surface area contributed by atoms with Crippen molar-refractivity contribution in [2.75, 3.05) is 13.2 Å². The van der Waals surface area contributed by atoms with Crippen molar-refractivity contribution in [2.24, 2.45) is 0 Å². The Morgan fingerprint density at radius 1 is 0.909 bits per heavy atom. The fourth-order valence-electron chi connectivity index (χ4n) is 2.60. The van der Waals surface area contributed by atoms with Gasteiger partial charge in [-0.15, -0.1) is 0 Å². The third-order valence-electron chi connectivity index (χ3n) is 3.82. The topological polar surface area (TPSA) is 18.5 Å². The SMILES string of the molecule is C(=C/c1ccc(C2OCCO2)cc1)/CCCc1ccccc1. The van der Waals surface area contributed by atoms with Gasteiger partial charge in [0.1, 0.15) is 0 Å². The highest BCUT2D eigenvalue weighted by Crippen LogP contribution is 2.23. The lowest BCUT2D eigenvalue weighted by molar-refractivity contribution is -0.0441. The number of aryl methyl sites for hydroxylation is 1. The van der Waals surface area contributed by atoms with Crippen LogP contribution < -0.4 is 0 Å². The van der Waals surface area contributed by atoms with E-state index >= 15 is 0 Å². The van der Waals surface area contributed by atoms with Crippen LogP contribution in [0, 0.1) is 0 Å². The fraction of sp³-hybridized carbons (Fsp3) is 0.300. The zero-order valence-electron chi connectivity index (χ0n) is 12.8. The summed E-state index contributed by atoms with van der Waals surface area (Å²) in [7, 11) is 0. The van der Waals surface area contributed by atoms with Crippen LogP contribution in [0.4, 0.5) is 0 Å². The van der Waals surface area contributed by atoms with Crippen molar-refractivity contribution in [3.63, 3.8) is 0 Å². The number of ether oxygens (including phenoxy) is 2. The van der Waals surface area contributed by atoms with E-state index in [4.69, 9.17) is 9.47 Å². The lowest BCUT2D eigenvalue weighted by Crippen LogP contribution is -1.97. The largest absolute Gasteiger partial charge is 0.346 e. The molecule has 3 rings (SSSR count). The summed E-state index contributed by atoms with van der Waals surface area (Å²) in [4.78, 5) is 0. The summed E-state index contributed by atoms with van der Waals surface area (Å²) in [5, 5.41) is 0. The Labute approximate surface area is 132 Å². The molecule has 22 heavy (non-hydrogen) atoms. The number of benzene rings is 2. The Balaban J connectivity index is 1.44. The second-order valence-electron chi connectivity index (χ2n) is 5.52. The van der Waals surface area contributed by atoms with E-state index in [9.17, 15) is 0 Å². The van der Waals surface area contributed by atoms with Gasteiger partial charge in [-0.05, 0) is 30.4 Å². The Kier molecular flexibility index (Phi) is 5.41. The molecule has 1 aliphatic rings. The molecule has 114 valence electrons. The first-order valence-corrected chi connectivity index (χ1v) is 7.95. The van der Waals surface area contributed by atoms with E-state index in [1.807, 2.05) is 0 Å². The Hall–Kier alpha value is -1.90. The summed E-state index contributed by atoms with van der Waals surface area (Å²) in [6, 6.07) is 19.1. The number of hydrogen-bond acceptors (Lipinski definition) is 2. The average Bonchev–Trinajstić information content (AvgIpc) is 3.11. The molecule has 0 aliphatic carbocycles. The first-order chi connectivity index (χ1) is 10.9. The van der Waals surface area contributed by atoms with Crippen molar-refractivity contribution in [1.29, 1.82) is 0 Å². The molecule has 1 saturated heterocycles. The molecule has 0 aromatic heterocycles. The molecule has 1 heterocycles. The van der Waals surface area contributed by atoms with Gasteiger partial charge >= 0.3 is 0 Å². The van der Waals surface area contributed by atoms with Gasteiger partial charge in [-0.3, -0.25) is 0 Å². The van der Waals surface area contributed by atoms with Crippen LogP contribution in [-0.4, -0.2) is 13.2 Å².